The van der Waals surface area contributed by atoms with Crippen LogP contribution in [0.15, 0.2) is 43.0 Å². The summed E-state index contributed by atoms with van der Waals surface area (Å²) in [4.78, 5) is 14.5. The van der Waals surface area contributed by atoms with Crippen molar-refractivity contribution >= 4 is 5.95 Å². The molecule has 5 heteroatoms. The van der Waals surface area contributed by atoms with Gasteiger partial charge in [-0.25, -0.2) is 15.0 Å². The normalized spacial score (nSPS) is 19.3. The minimum Gasteiger partial charge on any atom is -0.353 e. The Morgan fingerprint density at radius 3 is 2.76 bits per heavy atom. The van der Waals surface area contributed by atoms with E-state index in [-0.39, 0.29) is 0 Å². The number of nitrogens with zero attached hydrogens (tertiary/aromatic N) is 4. The van der Waals surface area contributed by atoms with Gasteiger partial charge in [0.2, 0.25) is 5.95 Å². The van der Waals surface area contributed by atoms with E-state index in [9.17, 15) is 0 Å². The average molecular weight is 283 g/mol. The van der Waals surface area contributed by atoms with Gasteiger partial charge in [0.25, 0.3) is 0 Å². The number of benzene rings is 1. The van der Waals surface area contributed by atoms with Crippen LogP contribution >= 0.6 is 0 Å². The highest BCUT2D eigenvalue weighted by Gasteiger charge is 2.20. The van der Waals surface area contributed by atoms with Crippen LogP contribution in [0.25, 0.3) is 0 Å². The fourth-order valence-electron chi connectivity index (χ4n) is 2.91. The Kier molecular flexibility index (Phi) is 4.74. The summed E-state index contributed by atoms with van der Waals surface area (Å²) in [7, 11) is 0. The topological polar surface area (TPSA) is 53.9 Å². The molecule has 2 heterocycles. The molecule has 0 saturated carbocycles. The summed E-state index contributed by atoms with van der Waals surface area (Å²) in [5.74, 6) is 1.32. The second kappa shape index (κ2) is 7.13. The van der Waals surface area contributed by atoms with Crippen LogP contribution in [0.1, 0.15) is 24.3 Å². The van der Waals surface area contributed by atoms with Crippen LogP contribution < -0.4 is 5.32 Å². The maximum atomic E-state index is 4.07. The molecule has 1 aromatic carbocycles. The SMILES string of the molecule is c1ccc([C@H]2CCCN(CCNc3ncncn3)C2)cc1. The van der Waals surface area contributed by atoms with E-state index in [0.717, 1.165) is 19.6 Å². The average Bonchev–Trinajstić information content (AvgIpc) is 2.57. The second-order valence-corrected chi connectivity index (χ2v) is 5.44. The molecule has 110 valence electrons. The number of piperidine rings is 1. The lowest BCUT2D eigenvalue weighted by Crippen LogP contribution is -2.37. The molecule has 0 aliphatic carbocycles. The van der Waals surface area contributed by atoms with Gasteiger partial charge in [-0.05, 0) is 30.9 Å². The van der Waals surface area contributed by atoms with Crippen molar-refractivity contribution < 1.29 is 0 Å². The molecule has 1 N–H and O–H groups in total. The van der Waals surface area contributed by atoms with Crippen molar-refractivity contribution in [3.8, 4) is 0 Å². The van der Waals surface area contributed by atoms with Gasteiger partial charge in [0.15, 0.2) is 0 Å². The molecular weight excluding hydrogens is 262 g/mol. The number of anilines is 1. The van der Waals surface area contributed by atoms with E-state index in [2.05, 4.69) is 55.5 Å². The molecule has 1 atom stereocenters. The monoisotopic (exact) mass is 283 g/mol. The van der Waals surface area contributed by atoms with Crippen LogP contribution in [0, 0.1) is 0 Å². The number of aromatic nitrogens is 3. The summed E-state index contributed by atoms with van der Waals surface area (Å²) in [6.07, 6.45) is 5.59. The van der Waals surface area contributed by atoms with Crippen LogP contribution in [-0.2, 0) is 0 Å². The first-order chi connectivity index (χ1) is 10.4. The van der Waals surface area contributed by atoms with Crippen molar-refractivity contribution in [2.24, 2.45) is 0 Å². The third kappa shape index (κ3) is 3.98. The molecule has 0 unspecified atom stereocenters. The van der Waals surface area contributed by atoms with Gasteiger partial charge in [-0.15, -0.1) is 0 Å². The molecule has 1 fully saturated rings. The van der Waals surface area contributed by atoms with Crippen LogP contribution in [-0.4, -0.2) is 46.0 Å². The fourth-order valence-corrected chi connectivity index (χ4v) is 2.91. The van der Waals surface area contributed by atoms with Crippen molar-refractivity contribution in [3.05, 3.63) is 48.5 Å². The van der Waals surface area contributed by atoms with Crippen molar-refractivity contribution in [2.45, 2.75) is 18.8 Å². The maximum absolute atomic E-state index is 4.07. The Labute approximate surface area is 125 Å². The van der Waals surface area contributed by atoms with E-state index >= 15 is 0 Å². The van der Waals surface area contributed by atoms with E-state index < -0.39 is 0 Å². The third-order valence-corrected chi connectivity index (χ3v) is 3.98. The summed E-state index contributed by atoms with van der Waals surface area (Å²) >= 11 is 0. The summed E-state index contributed by atoms with van der Waals surface area (Å²) in [6.45, 7) is 4.21. The van der Waals surface area contributed by atoms with E-state index in [0.29, 0.717) is 11.9 Å². The van der Waals surface area contributed by atoms with Gasteiger partial charge in [0.1, 0.15) is 12.7 Å². The molecular formula is C16H21N5. The van der Waals surface area contributed by atoms with Crippen molar-refractivity contribution in [2.75, 3.05) is 31.5 Å². The van der Waals surface area contributed by atoms with Crippen molar-refractivity contribution in [1.29, 1.82) is 0 Å². The van der Waals surface area contributed by atoms with E-state index in [1.54, 1.807) is 0 Å². The molecule has 2 aromatic rings. The Bertz CT molecular complexity index is 531. The highest BCUT2D eigenvalue weighted by atomic mass is 15.2. The Morgan fingerprint density at radius 2 is 1.95 bits per heavy atom. The van der Waals surface area contributed by atoms with Crippen LogP contribution in [0.4, 0.5) is 5.95 Å². The van der Waals surface area contributed by atoms with E-state index in [1.807, 2.05) is 0 Å². The molecule has 1 aromatic heterocycles. The third-order valence-electron chi connectivity index (χ3n) is 3.98. The molecule has 1 aliphatic heterocycles. The molecule has 21 heavy (non-hydrogen) atoms. The standard InChI is InChI=1S/C16H21N5/c1-2-5-14(6-3-1)15-7-4-9-21(11-15)10-8-18-16-19-12-17-13-20-16/h1-3,5-6,12-13,15H,4,7-11H2,(H,17,18,19,20)/t15-/m0/s1. The lowest BCUT2D eigenvalue weighted by atomic mass is 9.91. The van der Waals surface area contributed by atoms with Gasteiger partial charge < -0.3 is 10.2 Å². The molecule has 0 amide bonds. The minimum absolute atomic E-state index is 0.654. The van der Waals surface area contributed by atoms with Gasteiger partial charge in [-0.3, -0.25) is 0 Å². The predicted octanol–water partition coefficient (Wildman–Crippen LogP) is 2.16. The highest BCUT2D eigenvalue weighted by molar-refractivity contribution is 5.21. The first-order valence-electron chi connectivity index (χ1n) is 7.55. The molecule has 0 radical (unpaired) electrons. The van der Waals surface area contributed by atoms with Gasteiger partial charge in [-0.1, -0.05) is 30.3 Å². The van der Waals surface area contributed by atoms with Gasteiger partial charge in [0.05, 0.1) is 0 Å². The van der Waals surface area contributed by atoms with Crippen molar-refractivity contribution in [1.82, 2.24) is 19.9 Å². The Balaban J connectivity index is 1.48. The summed E-state index contributed by atoms with van der Waals surface area (Å²) in [5, 5.41) is 3.24. The zero-order valence-corrected chi connectivity index (χ0v) is 12.2. The molecule has 1 aliphatic rings. The predicted molar refractivity (Wildman–Crippen MR) is 83.2 cm³/mol. The minimum atomic E-state index is 0.654. The zero-order chi connectivity index (χ0) is 14.3. The maximum Gasteiger partial charge on any atom is 0.225 e. The number of hydrogen-bond acceptors (Lipinski definition) is 5. The molecule has 0 bridgehead atoms. The Morgan fingerprint density at radius 1 is 1.14 bits per heavy atom. The van der Waals surface area contributed by atoms with Crippen LogP contribution in [0.5, 0.6) is 0 Å². The lowest BCUT2D eigenvalue weighted by Gasteiger charge is -2.33. The molecule has 0 spiro atoms. The molecule has 1 saturated heterocycles. The van der Waals surface area contributed by atoms with Crippen molar-refractivity contribution in [3.63, 3.8) is 0 Å². The summed E-state index contributed by atoms with van der Waals surface area (Å²) < 4.78 is 0. The quantitative estimate of drug-likeness (QED) is 0.911. The zero-order valence-electron chi connectivity index (χ0n) is 12.2. The van der Waals surface area contributed by atoms with Gasteiger partial charge in [0, 0.05) is 19.6 Å². The fraction of sp³-hybridized carbons (Fsp3) is 0.438. The smallest absolute Gasteiger partial charge is 0.225 e. The number of nitrogens with one attached hydrogen (secondary N) is 1. The lowest BCUT2D eigenvalue weighted by molar-refractivity contribution is 0.215. The van der Waals surface area contributed by atoms with Crippen LogP contribution in [0.2, 0.25) is 0 Å². The summed E-state index contributed by atoms with van der Waals surface area (Å²) in [5.41, 5.74) is 1.47. The number of rotatable bonds is 5. The highest BCUT2D eigenvalue weighted by Crippen LogP contribution is 2.26. The largest absolute Gasteiger partial charge is 0.353 e. The molecule has 3 rings (SSSR count). The van der Waals surface area contributed by atoms with E-state index in [1.165, 1.54) is 37.6 Å². The summed E-state index contributed by atoms with van der Waals surface area (Å²) in [6, 6.07) is 10.9. The molecule has 5 nitrogen and oxygen atoms in total. The van der Waals surface area contributed by atoms with E-state index in [4.69, 9.17) is 0 Å². The number of likely N-dealkylation sites (tertiary alicyclic amines) is 1. The van der Waals surface area contributed by atoms with Gasteiger partial charge in [-0.2, -0.15) is 0 Å². The Hall–Kier alpha value is -2.01. The van der Waals surface area contributed by atoms with Gasteiger partial charge >= 0.3 is 0 Å². The number of hydrogen-bond donors (Lipinski definition) is 1. The van der Waals surface area contributed by atoms with Crippen LogP contribution in [0.3, 0.4) is 0 Å². The first kappa shape index (κ1) is 13.9. The first-order valence-corrected chi connectivity index (χ1v) is 7.55. The second-order valence-electron chi connectivity index (χ2n) is 5.44.